The quantitative estimate of drug-likeness (QED) is 0.860. The van der Waals surface area contributed by atoms with E-state index in [1.165, 1.54) is 18.6 Å². The number of hydrogen-bond acceptors (Lipinski definition) is 2. The van der Waals surface area contributed by atoms with E-state index in [0.29, 0.717) is 12.5 Å². The Bertz CT molecular complexity index is 397. The van der Waals surface area contributed by atoms with Crippen LogP contribution in [0.3, 0.4) is 0 Å². The zero-order valence-corrected chi connectivity index (χ0v) is 11.0. The summed E-state index contributed by atoms with van der Waals surface area (Å²) in [4.78, 5) is 0. The smallest absolute Gasteiger partial charge is 0.263 e. The maximum atomic E-state index is 12.6. The van der Waals surface area contributed by atoms with E-state index in [1.807, 2.05) is 6.07 Å². The van der Waals surface area contributed by atoms with Crippen molar-refractivity contribution in [2.45, 2.75) is 44.8 Å². The third kappa shape index (κ3) is 4.25. The van der Waals surface area contributed by atoms with Gasteiger partial charge in [-0.1, -0.05) is 31.0 Å². The highest BCUT2D eigenvalue weighted by molar-refractivity contribution is 5.24. The van der Waals surface area contributed by atoms with Crippen LogP contribution < -0.4 is 5.32 Å². The van der Waals surface area contributed by atoms with Gasteiger partial charge in [-0.05, 0) is 30.4 Å². The van der Waals surface area contributed by atoms with Crippen LogP contribution in [0.4, 0.5) is 8.78 Å². The van der Waals surface area contributed by atoms with Crippen LogP contribution >= 0.6 is 0 Å². The average Bonchev–Trinajstić information content (AvgIpc) is 2.41. The number of aliphatic hydroxyl groups is 1. The van der Waals surface area contributed by atoms with Gasteiger partial charge in [-0.2, -0.15) is 0 Å². The molecule has 1 aromatic carbocycles. The van der Waals surface area contributed by atoms with Gasteiger partial charge in [0.2, 0.25) is 0 Å². The number of aliphatic hydroxyl groups excluding tert-OH is 1. The molecule has 0 saturated heterocycles. The standard InChI is InChI=1S/C15H21F2NO/c16-15(17)12-6-3-4-11(8-12)9-18-10-13-5-1-2-7-14(13)19/h3-4,6,8,13-15,18-19H,1-2,5,7,9-10H2. The van der Waals surface area contributed by atoms with Crippen LogP contribution in [0.5, 0.6) is 0 Å². The molecule has 4 heteroatoms. The second kappa shape index (κ2) is 6.96. The molecule has 0 heterocycles. The molecule has 19 heavy (non-hydrogen) atoms. The average molecular weight is 269 g/mol. The van der Waals surface area contributed by atoms with Crippen molar-refractivity contribution in [2.24, 2.45) is 5.92 Å². The molecule has 2 unspecified atom stereocenters. The Balaban J connectivity index is 1.80. The summed E-state index contributed by atoms with van der Waals surface area (Å²) in [5.41, 5.74) is 0.931. The predicted molar refractivity (Wildman–Crippen MR) is 71.1 cm³/mol. The minimum absolute atomic E-state index is 0.0667. The van der Waals surface area contributed by atoms with Crippen LogP contribution in [0.15, 0.2) is 24.3 Å². The summed E-state index contributed by atoms with van der Waals surface area (Å²) in [6, 6.07) is 6.48. The van der Waals surface area contributed by atoms with E-state index in [4.69, 9.17) is 0 Å². The Morgan fingerprint density at radius 1 is 1.26 bits per heavy atom. The fourth-order valence-corrected chi connectivity index (χ4v) is 2.67. The molecule has 0 amide bonds. The summed E-state index contributed by atoms with van der Waals surface area (Å²) in [5.74, 6) is 0.298. The van der Waals surface area contributed by atoms with E-state index in [-0.39, 0.29) is 11.7 Å². The number of benzene rings is 1. The normalized spacial score (nSPS) is 23.8. The van der Waals surface area contributed by atoms with Crippen LogP contribution in [-0.4, -0.2) is 17.8 Å². The molecule has 2 atom stereocenters. The van der Waals surface area contributed by atoms with Crippen LogP contribution in [-0.2, 0) is 6.54 Å². The van der Waals surface area contributed by atoms with E-state index in [9.17, 15) is 13.9 Å². The van der Waals surface area contributed by atoms with Crippen molar-refractivity contribution in [3.05, 3.63) is 35.4 Å². The van der Waals surface area contributed by atoms with Gasteiger partial charge in [-0.3, -0.25) is 0 Å². The van der Waals surface area contributed by atoms with Gasteiger partial charge in [0.05, 0.1) is 6.10 Å². The largest absolute Gasteiger partial charge is 0.393 e. The molecule has 1 aromatic rings. The summed E-state index contributed by atoms with van der Waals surface area (Å²) in [7, 11) is 0. The van der Waals surface area contributed by atoms with Gasteiger partial charge in [0, 0.05) is 18.7 Å². The molecule has 0 aliphatic heterocycles. The molecule has 0 spiro atoms. The van der Waals surface area contributed by atoms with Gasteiger partial charge in [0.25, 0.3) is 6.43 Å². The first kappa shape index (κ1) is 14.4. The fraction of sp³-hybridized carbons (Fsp3) is 0.600. The third-order valence-corrected chi connectivity index (χ3v) is 3.81. The zero-order chi connectivity index (χ0) is 13.7. The number of halogens is 2. The van der Waals surface area contributed by atoms with Crippen LogP contribution in [0.25, 0.3) is 0 Å². The SMILES string of the molecule is OC1CCCCC1CNCc1cccc(C(F)F)c1. The van der Waals surface area contributed by atoms with Crippen molar-refractivity contribution in [2.75, 3.05) is 6.54 Å². The van der Waals surface area contributed by atoms with E-state index >= 15 is 0 Å². The molecule has 1 aliphatic rings. The highest BCUT2D eigenvalue weighted by Crippen LogP contribution is 2.24. The van der Waals surface area contributed by atoms with Gasteiger partial charge in [-0.15, -0.1) is 0 Å². The number of hydrogen-bond donors (Lipinski definition) is 2. The van der Waals surface area contributed by atoms with Gasteiger partial charge >= 0.3 is 0 Å². The van der Waals surface area contributed by atoms with E-state index < -0.39 is 6.43 Å². The Kier molecular flexibility index (Phi) is 5.28. The molecule has 0 radical (unpaired) electrons. The van der Waals surface area contributed by atoms with E-state index in [2.05, 4.69) is 5.32 Å². The first-order chi connectivity index (χ1) is 9.16. The first-order valence-corrected chi connectivity index (χ1v) is 6.92. The Morgan fingerprint density at radius 3 is 2.79 bits per heavy atom. The molecular weight excluding hydrogens is 248 g/mol. The maximum absolute atomic E-state index is 12.6. The molecule has 106 valence electrons. The Labute approximate surface area is 112 Å². The van der Waals surface area contributed by atoms with Crippen molar-refractivity contribution in [3.63, 3.8) is 0 Å². The number of nitrogens with one attached hydrogen (secondary N) is 1. The van der Waals surface area contributed by atoms with Gasteiger partial charge < -0.3 is 10.4 Å². The van der Waals surface area contributed by atoms with Gasteiger partial charge in [0.1, 0.15) is 0 Å². The van der Waals surface area contributed by atoms with E-state index in [1.54, 1.807) is 6.07 Å². The molecule has 0 bridgehead atoms. The molecule has 2 N–H and O–H groups in total. The highest BCUT2D eigenvalue weighted by Gasteiger charge is 2.22. The molecule has 2 nitrogen and oxygen atoms in total. The van der Waals surface area contributed by atoms with Crippen molar-refractivity contribution >= 4 is 0 Å². The lowest BCUT2D eigenvalue weighted by Crippen LogP contribution is -2.33. The van der Waals surface area contributed by atoms with Crippen molar-refractivity contribution in [1.29, 1.82) is 0 Å². The molecule has 2 rings (SSSR count). The summed E-state index contributed by atoms with van der Waals surface area (Å²) < 4.78 is 25.1. The van der Waals surface area contributed by atoms with Crippen LogP contribution in [0.2, 0.25) is 0 Å². The highest BCUT2D eigenvalue weighted by atomic mass is 19.3. The molecule has 1 aliphatic carbocycles. The van der Waals surface area contributed by atoms with Crippen molar-refractivity contribution in [3.8, 4) is 0 Å². The summed E-state index contributed by atoms with van der Waals surface area (Å²) in [5, 5.41) is 13.1. The fourth-order valence-electron chi connectivity index (χ4n) is 2.67. The van der Waals surface area contributed by atoms with Crippen molar-refractivity contribution in [1.82, 2.24) is 5.32 Å². The Morgan fingerprint density at radius 2 is 2.05 bits per heavy atom. The number of alkyl halides is 2. The van der Waals surface area contributed by atoms with Gasteiger partial charge in [-0.25, -0.2) is 8.78 Å². The zero-order valence-electron chi connectivity index (χ0n) is 11.0. The minimum atomic E-state index is -2.42. The topological polar surface area (TPSA) is 32.3 Å². The predicted octanol–water partition coefficient (Wildman–Crippen LogP) is 3.26. The second-order valence-corrected chi connectivity index (χ2v) is 5.29. The van der Waals surface area contributed by atoms with Crippen LogP contribution in [0.1, 0.15) is 43.2 Å². The summed E-state index contributed by atoms with van der Waals surface area (Å²) in [6.07, 6.45) is 1.57. The first-order valence-electron chi connectivity index (χ1n) is 6.92. The van der Waals surface area contributed by atoms with Crippen molar-refractivity contribution < 1.29 is 13.9 Å². The number of rotatable bonds is 5. The maximum Gasteiger partial charge on any atom is 0.263 e. The lowest BCUT2D eigenvalue weighted by molar-refractivity contribution is 0.0695. The van der Waals surface area contributed by atoms with E-state index in [0.717, 1.165) is 31.4 Å². The second-order valence-electron chi connectivity index (χ2n) is 5.29. The summed E-state index contributed by atoms with van der Waals surface area (Å²) in [6.45, 7) is 1.32. The van der Waals surface area contributed by atoms with Gasteiger partial charge in [0.15, 0.2) is 0 Å². The summed E-state index contributed by atoms with van der Waals surface area (Å²) >= 11 is 0. The van der Waals surface area contributed by atoms with Crippen LogP contribution in [0, 0.1) is 5.92 Å². The molecule has 1 saturated carbocycles. The lowest BCUT2D eigenvalue weighted by atomic mass is 9.86. The third-order valence-electron chi connectivity index (χ3n) is 3.81. The molecule has 0 aromatic heterocycles. The molecule has 1 fully saturated rings. The minimum Gasteiger partial charge on any atom is -0.393 e. The lowest BCUT2D eigenvalue weighted by Gasteiger charge is -2.27. The Hall–Kier alpha value is -1.00. The monoisotopic (exact) mass is 269 g/mol. The molecular formula is C15H21F2NO.